The molecule has 0 amide bonds. The molecule has 158 valence electrons. The lowest BCUT2D eigenvalue weighted by atomic mass is 10.2. The van der Waals surface area contributed by atoms with Crippen LogP contribution in [0.2, 0.25) is 19.6 Å². The molecule has 1 aromatic carbocycles. The molecule has 0 bridgehead atoms. The van der Waals surface area contributed by atoms with Crippen LogP contribution in [0.3, 0.4) is 0 Å². The predicted molar refractivity (Wildman–Crippen MR) is 134 cm³/mol. The molecule has 1 aromatic rings. The number of hydrogen-bond donors (Lipinski definition) is 0. The average molecular weight is 419 g/mol. The van der Waals surface area contributed by atoms with Crippen LogP contribution >= 0.6 is 7.19 Å². The molecule has 0 aromatic heterocycles. The van der Waals surface area contributed by atoms with Crippen molar-refractivity contribution in [2.45, 2.75) is 99.2 Å². The van der Waals surface area contributed by atoms with Gasteiger partial charge in [-0.05, 0) is 73.2 Å². The van der Waals surface area contributed by atoms with E-state index in [2.05, 4.69) is 132 Å². The average Bonchev–Trinajstić information content (AvgIpc) is 2.50. The van der Waals surface area contributed by atoms with Gasteiger partial charge in [0.15, 0.2) is 0 Å². The van der Waals surface area contributed by atoms with Gasteiger partial charge in [0.05, 0.1) is 15.3 Å². The Bertz CT molecular complexity index is 678. The fourth-order valence-corrected chi connectivity index (χ4v) is 13.4. The van der Waals surface area contributed by atoms with Crippen molar-refractivity contribution >= 4 is 20.7 Å². The Labute approximate surface area is 176 Å². The van der Waals surface area contributed by atoms with Gasteiger partial charge in [0, 0.05) is 29.7 Å². The monoisotopic (exact) mass is 418 g/mol. The molecular formula is C24H43N2PSi. The van der Waals surface area contributed by atoms with Crippen molar-refractivity contribution < 1.29 is 0 Å². The number of rotatable bonds is 7. The third-order valence-electron chi connectivity index (χ3n) is 4.53. The Morgan fingerprint density at radius 2 is 1.14 bits per heavy atom. The highest BCUT2D eigenvalue weighted by Gasteiger charge is 2.38. The first-order valence-electron chi connectivity index (χ1n) is 10.7. The van der Waals surface area contributed by atoms with E-state index in [1.54, 1.807) is 0 Å². The zero-order valence-corrected chi connectivity index (χ0v) is 22.0. The summed E-state index contributed by atoms with van der Waals surface area (Å²) in [4.78, 5) is 0. The lowest BCUT2D eigenvalue weighted by molar-refractivity contribution is 0.259. The van der Waals surface area contributed by atoms with E-state index in [-0.39, 0.29) is 0 Å². The summed E-state index contributed by atoms with van der Waals surface area (Å²) in [6, 6.07) is 12.2. The first kappa shape index (κ1) is 25.3. The van der Waals surface area contributed by atoms with Gasteiger partial charge >= 0.3 is 0 Å². The highest BCUT2D eigenvalue weighted by molar-refractivity contribution is 7.79. The van der Waals surface area contributed by atoms with Crippen LogP contribution in [0.15, 0.2) is 30.3 Å². The van der Waals surface area contributed by atoms with E-state index < -0.39 is 15.3 Å². The van der Waals surface area contributed by atoms with E-state index >= 15 is 0 Å². The van der Waals surface area contributed by atoms with Crippen LogP contribution < -0.4 is 0 Å². The standard InChI is InChI=1S/C24H43N2PSi/c1-20(2)25(21(3)4)27(19-28(9,10)11,26(22(5)6)23(7)8)18-17-24-15-13-12-14-16-24/h12-16,19-23H,1-11H3. The normalized spacial score (nSPS) is 13.0. The van der Waals surface area contributed by atoms with E-state index in [1.807, 2.05) is 0 Å². The SMILES string of the molecule is CC(C)N(C(C)C)P(C#Cc1ccccc1)(=C[Si](C)(C)C)N(C(C)C)C(C)C. The molecule has 0 atom stereocenters. The van der Waals surface area contributed by atoms with Gasteiger partial charge in [-0.2, -0.15) is 0 Å². The maximum Gasteiger partial charge on any atom is 0.0801 e. The van der Waals surface area contributed by atoms with E-state index in [0.717, 1.165) is 5.56 Å². The van der Waals surface area contributed by atoms with Crippen LogP contribution in [0.4, 0.5) is 0 Å². The van der Waals surface area contributed by atoms with Crippen molar-refractivity contribution in [3.05, 3.63) is 35.9 Å². The van der Waals surface area contributed by atoms with Crippen molar-refractivity contribution in [1.82, 2.24) is 9.34 Å². The van der Waals surface area contributed by atoms with Crippen LogP contribution in [-0.4, -0.2) is 47.0 Å². The quantitative estimate of drug-likeness (QED) is 0.274. The summed E-state index contributed by atoms with van der Waals surface area (Å²) in [6.07, 6.45) is 0. The minimum absolute atomic E-state index is 0.436. The second kappa shape index (κ2) is 10.3. The third kappa shape index (κ3) is 6.63. The van der Waals surface area contributed by atoms with Gasteiger partial charge in [-0.3, -0.25) is 9.34 Å². The molecular weight excluding hydrogens is 375 g/mol. The number of nitrogens with zero attached hydrogens (tertiary/aromatic N) is 2. The number of benzene rings is 1. The molecule has 0 saturated carbocycles. The minimum atomic E-state index is -1.99. The van der Waals surface area contributed by atoms with Crippen LogP contribution in [0.1, 0.15) is 61.0 Å². The third-order valence-corrected chi connectivity index (χ3v) is 12.8. The summed E-state index contributed by atoms with van der Waals surface area (Å²) in [5.41, 5.74) is 7.75. The summed E-state index contributed by atoms with van der Waals surface area (Å²) in [5.74, 6) is 3.60. The summed E-state index contributed by atoms with van der Waals surface area (Å²) in [7, 11) is -3.49. The fraction of sp³-hybridized carbons (Fsp3) is 0.625. The molecule has 0 spiro atoms. The molecule has 2 nitrogen and oxygen atoms in total. The highest BCUT2D eigenvalue weighted by atomic mass is 31.2. The van der Waals surface area contributed by atoms with Crippen molar-refractivity contribution in [3.8, 4) is 11.6 Å². The molecule has 4 heteroatoms. The molecule has 0 N–H and O–H groups in total. The minimum Gasteiger partial charge on any atom is -0.258 e. The lowest BCUT2D eigenvalue weighted by Crippen LogP contribution is -2.47. The summed E-state index contributed by atoms with van der Waals surface area (Å²) >= 11 is 0. The second-order valence-electron chi connectivity index (χ2n) is 9.88. The second-order valence-corrected chi connectivity index (χ2v) is 18.1. The maximum absolute atomic E-state index is 3.92. The van der Waals surface area contributed by atoms with Crippen LogP contribution in [-0.2, 0) is 0 Å². The first-order chi connectivity index (χ1) is 12.8. The zero-order chi connectivity index (χ0) is 21.7. The summed E-state index contributed by atoms with van der Waals surface area (Å²) in [6.45, 7) is 26.0. The van der Waals surface area contributed by atoms with Gasteiger partial charge in [-0.15, -0.1) is 0 Å². The van der Waals surface area contributed by atoms with E-state index in [0.29, 0.717) is 24.2 Å². The van der Waals surface area contributed by atoms with Crippen molar-refractivity contribution in [2.24, 2.45) is 0 Å². The van der Waals surface area contributed by atoms with Gasteiger partial charge in [0.1, 0.15) is 0 Å². The Morgan fingerprint density at radius 1 is 0.750 bits per heavy atom. The molecule has 0 radical (unpaired) electrons. The van der Waals surface area contributed by atoms with Crippen LogP contribution in [0.5, 0.6) is 0 Å². The van der Waals surface area contributed by atoms with Gasteiger partial charge in [-0.1, -0.05) is 49.2 Å². The molecule has 28 heavy (non-hydrogen) atoms. The van der Waals surface area contributed by atoms with Gasteiger partial charge in [0.25, 0.3) is 0 Å². The Kier molecular flexibility index (Phi) is 9.30. The topological polar surface area (TPSA) is 6.48 Å². The largest absolute Gasteiger partial charge is 0.258 e. The van der Waals surface area contributed by atoms with Gasteiger partial charge in [-0.25, -0.2) is 0 Å². The molecule has 0 aliphatic rings. The number of hydrogen-bond acceptors (Lipinski definition) is 2. The molecule has 0 heterocycles. The van der Waals surface area contributed by atoms with Crippen LogP contribution in [0.25, 0.3) is 0 Å². The van der Waals surface area contributed by atoms with Crippen molar-refractivity contribution in [1.29, 1.82) is 0 Å². The Balaban J connectivity index is 3.98. The maximum atomic E-state index is 3.92. The summed E-state index contributed by atoms with van der Waals surface area (Å²) in [5, 5.41) is 0. The smallest absolute Gasteiger partial charge is 0.0801 e. The molecule has 0 fully saturated rings. The zero-order valence-electron chi connectivity index (χ0n) is 20.1. The Morgan fingerprint density at radius 3 is 1.46 bits per heavy atom. The molecule has 0 aliphatic heterocycles. The van der Waals surface area contributed by atoms with Crippen molar-refractivity contribution in [2.75, 3.05) is 0 Å². The van der Waals surface area contributed by atoms with E-state index in [1.165, 1.54) is 0 Å². The first-order valence-corrected chi connectivity index (χ1v) is 16.1. The lowest BCUT2D eigenvalue weighted by Gasteiger charge is -2.51. The van der Waals surface area contributed by atoms with Gasteiger partial charge < -0.3 is 0 Å². The van der Waals surface area contributed by atoms with Gasteiger partial charge in [0.2, 0.25) is 0 Å². The molecule has 1 rings (SSSR count). The Hall–Kier alpha value is -0.783. The van der Waals surface area contributed by atoms with E-state index in [9.17, 15) is 0 Å². The van der Waals surface area contributed by atoms with Crippen LogP contribution in [0, 0.1) is 11.6 Å². The predicted octanol–water partition coefficient (Wildman–Crippen LogP) is 6.76. The molecule has 0 unspecified atom stereocenters. The molecule has 0 saturated heterocycles. The fourth-order valence-electron chi connectivity index (χ4n) is 4.21. The van der Waals surface area contributed by atoms with Crippen molar-refractivity contribution in [3.63, 3.8) is 0 Å². The van der Waals surface area contributed by atoms with E-state index in [4.69, 9.17) is 0 Å². The highest BCUT2D eigenvalue weighted by Crippen LogP contribution is 2.58. The summed E-state index contributed by atoms with van der Waals surface area (Å²) < 4.78 is 5.45. The molecule has 0 aliphatic carbocycles.